The van der Waals surface area contributed by atoms with Gasteiger partial charge in [-0.15, -0.1) is 5.10 Å². The van der Waals surface area contributed by atoms with Crippen molar-refractivity contribution < 1.29 is 4.79 Å². The number of carbonyl (C=O) groups is 1. The summed E-state index contributed by atoms with van der Waals surface area (Å²) >= 11 is 1.56. The summed E-state index contributed by atoms with van der Waals surface area (Å²) in [6, 6.07) is 11.3. The maximum atomic E-state index is 12.4. The molecule has 1 amide bonds. The molecule has 0 aliphatic carbocycles. The molecule has 0 unspecified atom stereocenters. The van der Waals surface area contributed by atoms with Crippen molar-refractivity contribution in [2.24, 2.45) is 0 Å². The van der Waals surface area contributed by atoms with Gasteiger partial charge in [0.25, 0.3) is 11.9 Å². The number of carbonyl (C=O) groups excluding carboxylic acids is 1. The van der Waals surface area contributed by atoms with Crippen LogP contribution in [-0.4, -0.2) is 25.1 Å². The molecule has 3 heterocycles. The number of nitrogens with one attached hydrogen (secondary N) is 1. The molecule has 0 aliphatic heterocycles. The third-order valence-corrected chi connectivity index (χ3v) is 4.95. The van der Waals surface area contributed by atoms with Gasteiger partial charge in [-0.25, -0.2) is 4.52 Å². The minimum atomic E-state index is -0.221. The molecule has 4 rings (SSSR count). The van der Waals surface area contributed by atoms with E-state index in [1.54, 1.807) is 28.0 Å². The topological polar surface area (TPSA) is 64.2 Å². The van der Waals surface area contributed by atoms with Gasteiger partial charge in [0, 0.05) is 28.5 Å². The first-order valence-corrected chi connectivity index (χ1v) is 8.31. The number of thiazole rings is 1. The maximum absolute atomic E-state index is 12.4. The standard InChI is InChI=1S/C17H15N5OS/c1-11-12(2)24-17-19-16(20-22(11)17)18-15(23)13-5-7-14(8-6-13)21-9-3-4-10-21/h3-10H,1-2H3,(H,18,20,23). The second-order valence-electron chi connectivity index (χ2n) is 5.46. The van der Waals surface area contributed by atoms with Crippen molar-refractivity contribution in [3.63, 3.8) is 0 Å². The molecule has 1 N–H and O–H groups in total. The van der Waals surface area contributed by atoms with Gasteiger partial charge in [0.05, 0.1) is 5.69 Å². The Morgan fingerprint density at radius 1 is 1.12 bits per heavy atom. The number of rotatable bonds is 3. The second kappa shape index (κ2) is 5.61. The van der Waals surface area contributed by atoms with Crippen LogP contribution < -0.4 is 5.32 Å². The molecule has 0 bridgehead atoms. The fraction of sp³-hybridized carbons (Fsp3) is 0.118. The van der Waals surface area contributed by atoms with Crippen molar-refractivity contribution in [1.29, 1.82) is 0 Å². The fourth-order valence-corrected chi connectivity index (χ4v) is 3.36. The number of hydrogen-bond donors (Lipinski definition) is 1. The van der Waals surface area contributed by atoms with E-state index in [4.69, 9.17) is 0 Å². The highest BCUT2D eigenvalue weighted by Gasteiger charge is 2.13. The molecule has 24 heavy (non-hydrogen) atoms. The van der Waals surface area contributed by atoms with E-state index >= 15 is 0 Å². The third kappa shape index (κ3) is 2.48. The monoisotopic (exact) mass is 337 g/mol. The number of amides is 1. The van der Waals surface area contributed by atoms with Gasteiger partial charge >= 0.3 is 0 Å². The van der Waals surface area contributed by atoms with Gasteiger partial charge in [0.1, 0.15) is 0 Å². The highest BCUT2D eigenvalue weighted by atomic mass is 32.1. The van der Waals surface area contributed by atoms with Crippen molar-refractivity contribution in [1.82, 2.24) is 19.2 Å². The van der Waals surface area contributed by atoms with Crippen LogP contribution in [0.25, 0.3) is 10.6 Å². The van der Waals surface area contributed by atoms with Gasteiger partial charge in [0.2, 0.25) is 4.96 Å². The lowest BCUT2D eigenvalue weighted by molar-refractivity contribution is 0.102. The van der Waals surface area contributed by atoms with E-state index in [2.05, 4.69) is 15.4 Å². The van der Waals surface area contributed by atoms with Crippen molar-refractivity contribution in [3.8, 4) is 5.69 Å². The van der Waals surface area contributed by atoms with Crippen LogP contribution in [0.5, 0.6) is 0 Å². The highest BCUT2D eigenvalue weighted by Crippen LogP contribution is 2.21. The quantitative estimate of drug-likeness (QED) is 0.623. The number of hydrogen-bond acceptors (Lipinski definition) is 4. The van der Waals surface area contributed by atoms with E-state index in [1.807, 2.05) is 55.1 Å². The van der Waals surface area contributed by atoms with Crippen LogP contribution in [0.2, 0.25) is 0 Å². The summed E-state index contributed by atoms with van der Waals surface area (Å²) < 4.78 is 3.74. The zero-order valence-electron chi connectivity index (χ0n) is 13.2. The molecule has 0 radical (unpaired) electrons. The summed E-state index contributed by atoms with van der Waals surface area (Å²) in [5.41, 5.74) is 2.61. The van der Waals surface area contributed by atoms with Gasteiger partial charge in [-0.05, 0) is 50.2 Å². The molecule has 1 aromatic carbocycles. The molecule has 0 saturated carbocycles. The number of aryl methyl sites for hydroxylation is 2. The Labute approximate surface area is 142 Å². The van der Waals surface area contributed by atoms with Crippen LogP contribution in [0.15, 0.2) is 48.8 Å². The number of anilines is 1. The van der Waals surface area contributed by atoms with E-state index in [9.17, 15) is 4.79 Å². The van der Waals surface area contributed by atoms with Crippen LogP contribution in [0.1, 0.15) is 20.9 Å². The highest BCUT2D eigenvalue weighted by molar-refractivity contribution is 7.17. The Morgan fingerprint density at radius 2 is 1.83 bits per heavy atom. The van der Waals surface area contributed by atoms with E-state index < -0.39 is 0 Å². The lowest BCUT2D eigenvalue weighted by Gasteiger charge is -2.05. The summed E-state index contributed by atoms with van der Waals surface area (Å²) in [5.74, 6) is 0.102. The zero-order valence-corrected chi connectivity index (χ0v) is 14.0. The first-order valence-electron chi connectivity index (χ1n) is 7.49. The predicted molar refractivity (Wildman–Crippen MR) is 94.1 cm³/mol. The number of nitrogens with zero attached hydrogens (tertiary/aromatic N) is 4. The van der Waals surface area contributed by atoms with Gasteiger partial charge in [0.15, 0.2) is 0 Å². The molecular weight excluding hydrogens is 322 g/mol. The average molecular weight is 337 g/mol. The van der Waals surface area contributed by atoms with Crippen LogP contribution >= 0.6 is 11.3 Å². The maximum Gasteiger partial charge on any atom is 0.258 e. The summed E-state index contributed by atoms with van der Waals surface area (Å²) in [7, 11) is 0. The van der Waals surface area contributed by atoms with Gasteiger partial charge in [-0.3, -0.25) is 10.1 Å². The summed E-state index contributed by atoms with van der Waals surface area (Å²) in [6.45, 7) is 4.01. The molecule has 4 aromatic rings. The first-order chi connectivity index (χ1) is 11.6. The van der Waals surface area contributed by atoms with Crippen LogP contribution in [0.4, 0.5) is 5.95 Å². The third-order valence-electron chi connectivity index (χ3n) is 3.91. The average Bonchev–Trinajstić information content (AvgIpc) is 3.28. The molecule has 0 fully saturated rings. The molecule has 0 spiro atoms. The largest absolute Gasteiger partial charge is 0.324 e. The van der Waals surface area contributed by atoms with Gasteiger partial charge < -0.3 is 4.57 Å². The SMILES string of the molecule is Cc1sc2nc(NC(=O)c3ccc(-n4cccc4)cc3)nn2c1C. The van der Waals surface area contributed by atoms with Crippen molar-refractivity contribution in [2.75, 3.05) is 5.32 Å². The van der Waals surface area contributed by atoms with E-state index in [-0.39, 0.29) is 5.91 Å². The molecule has 6 nitrogen and oxygen atoms in total. The Hall–Kier alpha value is -2.93. The van der Waals surface area contributed by atoms with Crippen molar-refractivity contribution >= 4 is 28.2 Å². The molecule has 120 valence electrons. The molecular formula is C17H15N5OS. The Balaban J connectivity index is 1.54. The molecule has 7 heteroatoms. The lowest BCUT2D eigenvalue weighted by atomic mass is 10.2. The summed E-state index contributed by atoms with van der Waals surface area (Å²) in [6.07, 6.45) is 3.92. The smallest absolute Gasteiger partial charge is 0.258 e. The summed E-state index contributed by atoms with van der Waals surface area (Å²) in [4.78, 5) is 18.7. The molecule has 0 saturated heterocycles. The molecule has 3 aromatic heterocycles. The first kappa shape index (κ1) is 14.6. The van der Waals surface area contributed by atoms with Crippen molar-refractivity contribution in [3.05, 3.63) is 64.9 Å². The fourth-order valence-electron chi connectivity index (χ4n) is 2.46. The van der Waals surface area contributed by atoms with Gasteiger partial charge in [-0.2, -0.15) is 4.98 Å². The number of benzene rings is 1. The van der Waals surface area contributed by atoms with Crippen LogP contribution in [0, 0.1) is 13.8 Å². The minimum Gasteiger partial charge on any atom is -0.324 e. The normalized spacial score (nSPS) is 11.1. The number of fused-ring (bicyclic) bond motifs is 1. The number of aromatic nitrogens is 4. The Morgan fingerprint density at radius 3 is 2.50 bits per heavy atom. The summed E-state index contributed by atoms with van der Waals surface area (Å²) in [5, 5.41) is 7.09. The molecule has 0 aliphatic rings. The zero-order chi connectivity index (χ0) is 16.7. The van der Waals surface area contributed by atoms with Crippen molar-refractivity contribution in [2.45, 2.75) is 13.8 Å². The predicted octanol–water partition coefficient (Wildman–Crippen LogP) is 3.45. The minimum absolute atomic E-state index is 0.221. The van der Waals surface area contributed by atoms with Crippen LogP contribution in [0.3, 0.4) is 0 Å². The van der Waals surface area contributed by atoms with E-state index in [0.29, 0.717) is 11.5 Å². The van der Waals surface area contributed by atoms with Crippen LogP contribution in [-0.2, 0) is 0 Å². The lowest BCUT2D eigenvalue weighted by Crippen LogP contribution is -2.13. The molecule has 0 atom stereocenters. The van der Waals surface area contributed by atoms with Gasteiger partial charge in [-0.1, -0.05) is 11.3 Å². The van der Waals surface area contributed by atoms with E-state index in [1.165, 1.54) is 4.88 Å². The Bertz CT molecular complexity index is 1010. The second-order valence-corrected chi connectivity index (χ2v) is 6.65. The Kier molecular flexibility index (Phi) is 3.42. The van der Waals surface area contributed by atoms with E-state index in [0.717, 1.165) is 16.3 Å².